The molecule has 1 aromatic carbocycles. The minimum Gasteiger partial charge on any atom is -0.394 e. The second kappa shape index (κ2) is 11.3. The molecule has 0 atom stereocenters. The first-order chi connectivity index (χ1) is 17.3. The highest BCUT2D eigenvalue weighted by Gasteiger charge is 2.39. The number of benzene rings is 1. The van der Waals surface area contributed by atoms with Crippen LogP contribution in [-0.4, -0.2) is 88.2 Å². The molecule has 1 aliphatic rings. The molecule has 2 aromatic rings. The van der Waals surface area contributed by atoms with Gasteiger partial charge in [-0.25, -0.2) is 14.5 Å². The number of halogens is 6. The molecule has 3 amide bonds. The van der Waals surface area contributed by atoms with E-state index < -0.39 is 46.8 Å². The Morgan fingerprint density at radius 1 is 0.946 bits per heavy atom. The molecular weight excluding hydrogens is 516 g/mol. The standard InChI is InChI=1S/C21H21F6N5O5/c1-30-16(18(34)32(19(30)35)2-4-36-6-7-37-5-3-33)11-31-12-28-17(29-31)13-8-14(20(22,23)24)10-15(9-13)21(25,26)27/h8-12,33H,2-7H2,1H3/b16-11-. The van der Waals surface area contributed by atoms with Gasteiger partial charge in [-0.1, -0.05) is 0 Å². The number of hydrogen-bond acceptors (Lipinski definition) is 7. The Balaban J connectivity index is 1.77. The van der Waals surface area contributed by atoms with E-state index in [1.54, 1.807) is 0 Å². The predicted octanol–water partition coefficient (Wildman–Crippen LogP) is 2.70. The largest absolute Gasteiger partial charge is 0.416 e. The van der Waals surface area contributed by atoms with Crippen LogP contribution in [0.1, 0.15) is 11.1 Å². The van der Waals surface area contributed by atoms with E-state index in [1.807, 2.05) is 0 Å². The fourth-order valence-corrected chi connectivity index (χ4v) is 3.21. The summed E-state index contributed by atoms with van der Waals surface area (Å²) in [6.45, 7) is 0.297. The monoisotopic (exact) mass is 537 g/mol. The molecule has 0 bridgehead atoms. The van der Waals surface area contributed by atoms with Gasteiger partial charge in [-0.15, -0.1) is 5.10 Å². The summed E-state index contributed by atoms with van der Waals surface area (Å²) in [5, 5.41) is 12.5. The molecule has 1 aromatic heterocycles. The fourth-order valence-electron chi connectivity index (χ4n) is 3.21. The maximum atomic E-state index is 13.1. The van der Waals surface area contributed by atoms with E-state index >= 15 is 0 Å². The highest BCUT2D eigenvalue weighted by Crippen LogP contribution is 2.38. The lowest BCUT2D eigenvalue weighted by molar-refractivity contribution is -0.143. The minimum absolute atomic E-state index is 0.00560. The molecule has 0 saturated carbocycles. The smallest absolute Gasteiger partial charge is 0.394 e. The first-order valence-electron chi connectivity index (χ1n) is 10.6. The second-order valence-corrected chi connectivity index (χ2v) is 7.60. The van der Waals surface area contributed by atoms with Crippen molar-refractivity contribution in [1.29, 1.82) is 0 Å². The van der Waals surface area contributed by atoms with Crippen LogP contribution in [0.2, 0.25) is 0 Å². The number of carbonyl (C=O) groups is 2. The van der Waals surface area contributed by atoms with Crippen molar-refractivity contribution < 1.29 is 50.5 Å². The van der Waals surface area contributed by atoms with E-state index in [0.29, 0.717) is 12.1 Å². The SMILES string of the molecule is CN1C(=O)N(CCOCCOCCO)C(=O)/C1=C/n1cnc(-c2cc(C(F)(F)F)cc(C(F)(F)F)c2)n1. The quantitative estimate of drug-likeness (QED) is 0.215. The van der Waals surface area contributed by atoms with E-state index in [4.69, 9.17) is 14.6 Å². The summed E-state index contributed by atoms with van der Waals surface area (Å²) in [6, 6.07) is 0.273. The van der Waals surface area contributed by atoms with Gasteiger partial charge in [-0.2, -0.15) is 26.3 Å². The van der Waals surface area contributed by atoms with Gasteiger partial charge in [0.2, 0.25) is 0 Å². The summed E-state index contributed by atoms with van der Waals surface area (Å²) in [7, 11) is 1.30. The molecule has 1 fully saturated rings. The Morgan fingerprint density at radius 2 is 1.54 bits per heavy atom. The lowest BCUT2D eigenvalue weighted by Gasteiger charge is -2.13. The maximum absolute atomic E-state index is 13.1. The van der Waals surface area contributed by atoms with Gasteiger partial charge >= 0.3 is 18.4 Å². The minimum atomic E-state index is -5.04. The third-order valence-corrected chi connectivity index (χ3v) is 5.02. The molecule has 1 N–H and O–H groups in total. The number of aliphatic hydroxyl groups is 1. The van der Waals surface area contributed by atoms with Crippen LogP contribution in [0.5, 0.6) is 0 Å². The number of aromatic nitrogens is 3. The zero-order valence-corrected chi connectivity index (χ0v) is 19.2. The number of carbonyl (C=O) groups excluding carboxylic acids is 2. The van der Waals surface area contributed by atoms with Gasteiger partial charge in [0, 0.05) is 12.6 Å². The zero-order chi connectivity index (χ0) is 27.4. The molecule has 2 heterocycles. The van der Waals surface area contributed by atoms with Crippen molar-refractivity contribution in [3.05, 3.63) is 41.4 Å². The normalized spacial score (nSPS) is 15.9. The third-order valence-electron chi connectivity index (χ3n) is 5.02. The molecule has 0 radical (unpaired) electrons. The number of nitrogens with zero attached hydrogens (tertiary/aromatic N) is 5. The van der Waals surface area contributed by atoms with Crippen LogP contribution in [-0.2, 0) is 26.6 Å². The highest BCUT2D eigenvalue weighted by atomic mass is 19.4. The van der Waals surface area contributed by atoms with Crippen molar-refractivity contribution in [3.8, 4) is 11.4 Å². The third kappa shape index (κ3) is 6.84. The number of likely N-dealkylation sites (N-methyl/N-ethyl adjacent to an activating group) is 1. The number of ether oxygens (including phenoxy) is 2. The van der Waals surface area contributed by atoms with Crippen LogP contribution in [0.25, 0.3) is 17.6 Å². The van der Waals surface area contributed by atoms with Gasteiger partial charge in [0.1, 0.15) is 12.0 Å². The summed E-state index contributed by atoms with van der Waals surface area (Å²) in [4.78, 5) is 30.8. The number of imide groups is 1. The number of aliphatic hydroxyl groups excluding tert-OH is 1. The van der Waals surface area contributed by atoms with Crippen molar-refractivity contribution in [2.75, 3.05) is 46.6 Å². The number of rotatable bonds is 10. The Labute approximate surface area is 205 Å². The first-order valence-corrected chi connectivity index (χ1v) is 10.6. The topological polar surface area (TPSA) is 110 Å². The summed E-state index contributed by atoms with van der Waals surface area (Å²) >= 11 is 0. The average Bonchev–Trinajstić information content (AvgIpc) is 3.37. The molecule has 202 valence electrons. The van der Waals surface area contributed by atoms with Crippen LogP contribution in [0.3, 0.4) is 0 Å². The predicted molar refractivity (Wildman–Crippen MR) is 113 cm³/mol. The van der Waals surface area contributed by atoms with Gasteiger partial charge in [0.05, 0.1) is 56.9 Å². The lowest BCUT2D eigenvalue weighted by atomic mass is 10.0. The van der Waals surface area contributed by atoms with E-state index in [0.717, 1.165) is 27.0 Å². The Morgan fingerprint density at radius 3 is 2.11 bits per heavy atom. The van der Waals surface area contributed by atoms with Crippen LogP contribution in [0.4, 0.5) is 31.1 Å². The summed E-state index contributed by atoms with van der Waals surface area (Å²) in [6.07, 6.45) is -8.04. The van der Waals surface area contributed by atoms with Gasteiger partial charge in [0.15, 0.2) is 5.82 Å². The van der Waals surface area contributed by atoms with Crippen molar-refractivity contribution in [2.24, 2.45) is 0 Å². The van der Waals surface area contributed by atoms with Crippen LogP contribution in [0, 0.1) is 0 Å². The van der Waals surface area contributed by atoms with Gasteiger partial charge < -0.3 is 14.6 Å². The van der Waals surface area contributed by atoms with Crippen molar-refractivity contribution in [3.63, 3.8) is 0 Å². The molecule has 16 heteroatoms. The molecule has 0 spiro atoms. The summed E-state index contributed by atoms with van der Waals surface area (Å²) in [5.74, 6) is -1.18. The van der Waals surface area contributed by atoms with E-state index in [2.05, 4.69) is 10.1 Å². The summed E-state index contributed by atoms with van der Waals surface area (Å²) < 4.78 is 90.0. The number of hydrogen-bond donors (Lipinski definition) is 1. The van der Waals surface area contributed by atoms with Crippen LogP contribution < -0.4 is 0 Å². The molecule has 10 nitrogen and oxygen atoms in total. The lowest BCUT2D eigenvalue weighted by Crippen LogP contribution is -2.34. The van der Waals surface area contributed by atoms with Crippen molar-refractivity contribution in [2.45, 2.75) is 12.4 Å². The van der Waals surface area contributed by atoms with E-state index in [9.17, 15) is 35.9 Å². The highest BCUT2D eigenvalue weighted by molar-refractivity contribution is 6.13. The van der Waals surface area contributed by atoms with Crippen LogP contribution in [0.15, 0.2) is 30.2 Å². The first kappa shape index (κ1) is 28.1. The Kier molecular flexibility index (Phi) is 8.55. The fraction of sp³-hybridized carbons (Fsp3) is 0.429. The van der Waals surface area contributed by atoms with Crippen molar-refractivity contribution in [1.82, 2.24) is 24.6 Å². The maximum Gasteiger partial charge on any atom is 0.416 e. The second-order valence-electron chi connectivity index (χ2n) is 7.60. The van der Waals surface area contributed by atoms with E-state index in [1.165, 1.54) is 7.05 Å². The molecule has 1 saturated heterocycles. The molecular formula is C21H21F6N5O5. The zero-order valence-electron chi connectivity index (χ0n) is 19.2. The van der Waals surface area contributed by atoms with Crippen molar-refractivity contribution >= 4 is 18.1 Å². The molecule has 37 heavy (non-hydrogen) atoms. The van der Waals surface area contributed by atoms with E-state index in [-0.39, 0.29) is 51.3 Å². The van der Waals surface area contributed by atoms with Gasteiger partial charge in [-0.3, -0.25) is 14.6 Å². The average molecular weight is 537 g/mol. The molecule has 0 unspecified atom stereocenters. The number of urea groups is 1. The van der Waals surface area contributed by atoms with Crippen LogP contribution >= 0.6 is 0 Å². The Hall–Kier alpha value is -3.50. The number of alkyl halides is 6. The molecule has 0 aliphatic carbocycles. The van der Waals surface area contributed by atoms with Gasteiger partial charge in [0.25, 0.3) is 5.91 Å². The molecule has 1 aliphatic heterocycles. The summed E-state index contributed by atoms with van der Waals surface area (Å²) in [5.41, 5.74) is -3.75. The number of amides is 3. The molecule has 3 rings (SSSR count). The Bertz CT molecular complexity index is 1130. The van der Waals surface area contributed by atoms with Gasteiger partial charge in [-0.05, 0) is 18.2 Å².